The van der Waals surface area contributed by atoms with E-state index in [-0.39, 0.29) is 0 Å². The summed E-state index contributed by atoms with van der Waals surface area (Å²) in [5.74, 6) is 0. The maximum Gasteiger partial charge on any atom is 0.115 e. The van der Waals surface area contributed by atoms with E-state index in [0.717, 1.165) is 12.1 Å². The molecule has 82 valence electrons. The van der Waals surface area contributed by atoms with E-state index in [0.29, 0.717) is 6.04 Å². The Morgan fingerprint density at radius 3 is 2.50 bits per heavy atom. The Kier molecular flexibility index (Phi) is 3.56. The topological polar surface area (TPSA) is 50.7 Å². The number of aromatic nitrogens is 3. The molecule has 4 nitrogen and oxygen atoms in total. The molecule has 1 atom stereocenters. The Labute approximate surface area is 94.8 Å². The summed E-state index contributed by atoms with van der Waals surface area (Å²) in [6.45, 7) is 2.89. The molecule has 1 N–H and O–H groups in total. The van der Waals surface area contributed by atoms with Crippen molar-refractivity contribution in [2.75, 3.05) is 0 Å². The highest BCUT2D eigenvalue weighted by molar-refractivity contribution is 5.14. The van der Waals surface area contributed by atoms with Gasteiger partial charge in [0.05, 0.1) is 0 Å². The first-order chi connectivity index (χ1) is 7.86. The number of hydrogen-bond donors (Lipinski definition) is 1. The van der Waals surface area contributed by atoms with Gasteiger partial charge in [-0.2, -0.15) is 0 Å². The van der Waals surface area contributed by atoms with Crippen molar-refractivity contribution in [2.45, 2.75) is 19.5 Å². The van der Waals surface area contributed by atoms with Crippen LogP contribution in [-0.4, -0.2) is 15.0 Å². The van der Waals surface area contributed by atoms with Crippen LogP contribution in [0.2, 0.25) is 0 Å². The van der Waals surface area contributed by atoms with Crippen LogP contribution in [0.25, 0.3) is 0 Å². The van der Waals surface area contributed by atoms with Crippen molar-refractivity contribution in [3.05, 3.63) is 54.4 Å². The van der Waals surface area contributed by atoms with Crippen molar-refractivity contribution in [1.29, 1.82) is 0 Å². The van der Waals surface area contributed by atoms with Crippen molar-refractivity contribution >= 4 is 0 Å². The van der Waals surface area contributed by atoms with E-state index in [4.69, 9.17) is 0 Å². The van der Waals surface area contributed by atoms with E-state index >= 15 is 0 Å². The number of nitrogens with one attached hydrogen (secondary N) is 1. The third-order valence-corrected chi connectivity index (χ3v) is 2.43. The average Bonchev–Trinajstić information content (AvgIpc) is 2.38. The minimum Gasteiger partial charge on any atom is -0.306 e. The van der Waals surface area contributed by atoms with Crippen molar-refractivity contribution in [3.8, 4) is 0 Å². The van der Waals surface area contributed by atoms with Gasteiger partial charge in [0, 0.05) is 42.9 Å². The molecule has 0 fully saturated rings. The van der Waals surface area contributed by atoms with Gasteiger partial charge in [-0.15, -0.1) is 0 Å². The first-order valence-electron chi connectivity index (χ1n) is 5.23. The van der Waals surface area contributed by atoms with Crippen LogP contribution in [-0.2, 0) is 6.54 Å². The fraction of sp³-hybridized carbons (Fsp3) is 0.250. The molecule has 0 aliphatic heterocycles. The molecule has 2 rings (SSSR count). The van der Waals surface area contributed by atoms with E-state index in [1.54, 1.807) is 12.4 Å². The maximum absolute atomic E-state index is 4.00. The minimum absolute atomic E-state index is 0.295. The molecular weight excluding hydrogens is 200 g/mol. The first-order valence-corrected chi connectivity index (χ1v) is 5.23. The number of pyridine rings is 1. The Hall–Kier alpha value is -1.81. The molecule has 2 heterocycles. The molecule has 0 unspecified atom stereocenters. The summed E-state index contributed by atoms with van der Waals surface area (Å²) in [5, 5.41) is 3.41. The van der Waals surface area contributed by atoms with Crippen molar-refractivity contribution in [3.63, 3.8) is 0 Å². The predicted octanol–water partition coefficient (Wildman–Crippen LogP) is 1.72. The summed E-state index contributed by atoms with van der Waals surface area (Å²) in [5.41, 5.74) is 2.32. The Morgan fingerprint density at radius 2 is 1.81 bits per heavy atom. The lowest BCUT2D eigenvalue weighted by molar-refractivity contribution is 0.572. The summed E-state index contributed by atoms with van der Waals surface area (Å²) < 4.78 is 0. The predicted molar refractivity (Wildman–Crippen MR) is 61.5 cm³/mol. The number of hydrogen-bond acceptors (Lipinski definition) is 4. The van der Waals surface area contributed by atoms with Crippen LogP contribution in [0.15, 0.2) is 43.2 Å². The Morgan fingerprint density at radius 1 is 1.12 bits per heavy atom. The average molecular weight is 214 g/mol. The van der Waals surface area contributed by atoms with Crippen LogP contribution in [0.1, 0.15) is 24.1 Å². The standard InChI is InChI=1S/C12H14N4/c1-10(12-2-4-13-5-3-12)16-8-11-6-14-9-15-7-11/h2-7,9-10,16H,8H2,1H3/t10-/m0/s1. The molecule has 0 aromatic carbocycles. The van der Waals surface area contributed by atoms with Gasteiger partial charge < -0.3 is 5.32 Å². The Balaban J connectivity index is 1.92. The van der Waals surface area contributed by atoms with Gasteiger partial charge in [-0.1, -0.05) is 0 Å². The monoisotopic (exact) mass is 214 g/mol. The van der Waals surface area contributed by atoms with Crippen LogP contribution in [0.3, 0.4) is 0 Å². The summed E-state index contributed by atoms with van der Waals surface area (Å²) in [4.78, 5) is 11.9. The van der Waals surface area contributed by atoms with E-state index in [1.807, 2.05) is 24.5 Å². The normalized spacial score (nSPS) is 12.3. The van der Waals surface area contributed by atoms with E-state index in [1.165, 1.54) is 11.9 Å². The van der Waals surface area contributed by atoms with Crippen LogP contribution in [0.5, 0.6) is 0 Å². The lowest BCUT2D eigenvalue weighted by Gasteiger charge is -2.13. The third-order valence-electron chi connectivity index (χ3n) is 2.43. The molecule has 0 radical (unpaired) electrons. The molecule has 4 heteroatoms. The molecule has 0 spiro atoms. The van der Waals surface area contributed by atoms with Crippen molar-refractivity contribution in [1.82, 2.24) is 20.3 Å². The van der Waals surface area contributed by atoms with E-state index in [2.05, 4.69) is 27.2 Å². The molecule has 0 bridgehead atoms. The molecule has 0 amide bonds. The third kappa shape index (κ3) is 2.84. The second-order valence-electron chi connectivity index (χ2n) is 3.63. The van der Waals surface area contributed by atoms with Crippen LogP contribution >= 0.6 is 0 Å². The van der Waals surface area contributed by atoms with Crippen molar-refractivity contribution in [2.24, 2.45) is 0 Å². The second kappa shape index (κ2) is 5.32. The van der Waals surface area contributed by atoms with Gasteiger partial charge in [-0.25, -0.2) is 9.97 Å². The van der Waals surface area contributed by atoms with Gasteiger partial charge in [0.15, 0.2) is 0 Å². The quantitative estimate of drug-likeness (QED) is 0.842. The smallest absolute Gasteiger partial charge is 0.115 e. The van der Waals surface area contributed by atoms with E-state index in [9.17, 15) is 0 Å². The van der Waals surface area contributed by atoms with Crippen LogP contribution in [0, 0.1) is 0 Å². The van der Waals surface area contributed by atoms with Gasteiger partial charge in [0.25, 0.3) is 0 Å². The zero-order valence-electron chi connectivity index (χ0n) is 9.17. The summed E-state index contributed by atoms with van der Waals surface area (Å²) >= 11 is 0. The molecule has 16 heavy (non-hydrogen) atoms. The highest BCUT2D eigenvalue weighted by atomic mass is 14.9. The lowest BCUT2D eigenvalue weighted by Crippen LogP contribution is -2.18. The molecule has 0 saturated heterocycles. The molecule has 0 aliphatic rings. The van der Waals surface area contributed by atoms with Crippen LogP contribution < -0.4 is 5.32 Å². The SMILES string of the molecule is C[C@H](NCc1cncnc1)c1ccncc1. The highest BCUT2D eigenvalue weighted by Gasteiger charge is 2.03. The summed E-state index contributed by atoms with van der Waals surface area (Å²) in [7, 11) is 0. The fourth-order valence-electron chi connectivity index (χ4n) is 1.46. The van der Waals surface area contributed by atoms with Crippen LogP contribution in [0.4, 0.5) is 0 Å². The number of nitrogens with zero attached hydrogens (tertiary/aromatic N) is 3. The van der Waals surface area contributed by atoms with Crippen molar-refractivity contribution < 1.29 is 0 Å². The lowest BCUT2D eigenvalue weighted by atomic mass is 10.1. The van der Waals surface area contributed by atoms with Gasteiger partial charge in [-0.05, 0) is 24.6 Å². The largest absolute Gasteiger partial charge is 0.306 e. The van der Waals surface area contributed by atoms with Gasteiger partial charge in [0.1, 0.15) is 6.33 Å². The molecule has 2 aromatic heterocycles. The molecular formula is C12H14N4. The minimum atomic E-state index is 0.295. The highest BCUT2D eigenvalue weighted by Crippen LogP contribution is 2.10. The second-order valence-corrected chi connectivity index (χ2v) is 3.63. The fourth-order valence-corrected chi connectivity index (χ4v) is 1.46. The maximum atomic E-state index is 4.00. The molecule has 0 aliphatic carbocycles. The zero-order chi connectivity index (χ0) is 11.2. The first kappa shape index (κ1) is 10.7. The molecule has 2 aromatic rings. The van der Waals surface area contributed by atoms with Gasteiger partial charge in [-0.3, -0.25) is 4.98 Å². The van der Waals surface area contributed by atoms with Gasteiger partial charge >= 0.3 is 0 Å². The molecule has 0 saturated carbocycles. The Bertz CT molecular complexity index is 416. The zero-order valence-corrected chi connectivity index (χ0v) is 9.17. The van der Waals surface area contributed by atoms with Gasteiger partial charge in [0.2, 0.25) is 0 Å². The number of rotatable bonds is 4. The van der Waals surface area contributed by atoms with E-state index < -0.39 is 0 Å². The summed E-state index contributed by atoms with van der Waals surface area (Å²) in [6, 6.07) is 4.32. The summed E-state index contributed by atoms with van der Waals surface area (Å²) in [6.07, 6.45) is 8.78.